The van der Waals surface area contributed by atoms with Crippen molar-refractivity contribution in [3.05, 3.63) is 26.3 Å². The molecule has 0 unspecified atom stereocenters. The van der Waals surface area contributed by atoms with E-state index in [0.717, 1.165) is 0 Å². The van der Waals surface area contributed by atoms with Gasteiger partial charge < -0.3 is 20.1 Å². The maximum absolute atomic E-state index is 11.2. The molecule has 0 spiro atoms. The third-order valence-corrected chi connectivity index (χ3v) is 3.30. The van der Waals surface area contributed by atoms with Crippen LogP contribution in [0, 0.1) is 4.77 Å². The van der Waals surface area contributed by atoms with Crippen LogP contribution < -0.4 is 5.56 Å². The summed E-state index contributed by atoms with van der Waals surface area (Å²) >= 11 is 10.6. The van der Waals surface area contributed by atoms with Crippen molar-refractivity contribution in [2.75, 3.05) is 6.61 Å². The summed E-state index contributed by atoms with van der Waals surface area (Å²) in [6.07, 6.45) is -3.25. The third-order valence-electron chi connectivity index (χ3n) is 2.72. The molecule has 1 saturated heterocycles. The minimum atomic E-state index is -1.28. The van der Waals surface area contributed by atoms with Crippen LogP contribution in [0.2, 0.25) is 5.02 Å². The molecular weight excluding hydrogens is 284 g/mol. The van der Waals surface area contributed by atoms with Crippen molar-refractivity contribution in [3.8, 4) is 0 Å². The molecule has 18 heavy (non-hydrogen) atoms. The van der Waals surface area contributed by atoms with Gasteiger partial charge in [0, 0.05) is 6.20 Å². The van der Waals surface area contributed by atoms with Crippen LogP contribution in [0.25, 0.3) is 0 Å². The molecule has 100 valence electrons. The van der Waals surface area contributed by atoms with Crippen molar-refractivity contribution in [1.82, 2.24) is 9.55 Å². The molecule has 0 aliphatic carbocycles. The zero-order valence-corrected chi connectivity index (χ0v) is 10.6. The highest BCUT2D eigenvalue weighted by Crippen LogP contribution is 2.29. The Labute approximate surface area is 111 Å². The number of hydrogen-bond acceptors (Lipinski definition) is 6. The molecule has 4 atom stereocenters. The molecule has 0 saturated carbocycles. The monoisotopic (exact) mass is 294 g/mol. The quantitative estimate of drug-likeness (QED) is 0.530. The summed E-state index contributed by atoms with van der Waals surface area (Å²) in [4.78, 5) is 13.5. The Morgan fingerprint density at radius 2 is 2.17 bits per heavy atom. The van der Waals surface area contributed by atoms with Gasteiger partial charge in [-0.2, -0.15) is 0 Å². The second kappa shape index (κ2) is 5.08. The van der Waals surface area contributed by atoms with Crippen LogP contribution in [0.1, 0.15) is 6.23 Å². The Morgan fingerprint density at radius 3 is 2.72 bits per heavy atom. The van der Waals surface area contributed by atoms with E-state index in [1.807, 2.05) is 0 Å². The summed E-state index contributed by atoms with van der Waals surface area (Å²) < 4.78 is 6.49. The maximum atomic E-state index is 11.2. The lowest BCUT2D eigenvalue weighted by Gasteiger charge is -2.18. The van der Waals surface area contributed by atoms with Crippen molar-refractivity contribution in [1.29, 1.82) is 0 Å². The van der Waals surface area contributed by atoms with Gasteiger partial charge in [-0.1, -0.05) is 11.6 Å². The summed E-state index contributed by atoms with van der Waals surface area (Å²) in [6.45, 7) is -0.445. The number of aromatic amines is 1. The fourth-order valence-corrected chi connectivity index (χ4v) is 2.16. The molecule has 0 amide bonds. The number of aromatic nitrogens is 2. The second-order valence-corrected chi connectivity index (χ2v) is 4.67. The van der Waals surface area contributed by atoms with Crippen LogP contribution in [0.3, 0.4) is 0 Å². The lowest BCUT2D eigenvalue weighted by atomic mass is 10.1. The molecule has 4 N–H and O–H groups in total. The van der Waals surface area contributed by atoms with E-state index in [4.69, 9.17) is 33.7 Å². The molecule has 9 heteroatoms. The molecule has 0 aromatic carbocycles. The van der Waals surface area contributed by atoms with Gasteiger partial charge in [0.15, 0.2) is 11.0 Å². The Kier molecular flexibility index (Phi) is 3.85. The number of aliphatic hydroxyl groups is 3. The first-order valence-electron chi connectivity index (χ1n) is 5.09. The first-order valence-corrected chi connectivity index (χ1v) is 5.87. The Balaban J connectivity index is 2.42. The maximum Gasteiger partial charge on any atom is 0.270 e. The molecular formula is C9H11ClN2O5S. The zero-order valence-electron chi connectivity index (χ0n) is 8.99. The smallest absolute Gasteiger partial charge is 0.270 e. The van der Waals surface area contributed by atoms with Gasteiger partial charge in [-0.3, -0.25) is 14.3 Å². The first kappa shape index (κ1) is 13.7. The fourth-order valence-electron chi connectivity index (χ4n) is 1.76. The minimum Gasteiger partial charge on any atom is -0.394 e. The average Bonchev–Trinajstić information content (AvgIpc) is 2.61. The number of H-pyrrole nitrogens is 1. The van der Waals surface area contributed by atoms with Crippen LogP contribution in [-0.4, -0.2) is 49.8 Å². The lowest BCUT2D eigenvalue weighted by Crippen LogP contribution is -2.33. The minimum absolute atomic E-state index is 0.000704. The van der Waals surface area contributed by atoms with Gasteiger partial charge in [0.2, 0.25) is 0 Å². The fraction of sp³-hybridized carbons (Fsp3) is 0.556. The van der Waals surface area contributed by atoms with E-state index < -0.39 is 36.7 Å². The zero-order chi connectivity index (χ0) is 13.4. The van der Waals surface area contributed by atoms with E-state index in [0.29, 0.717) is 0 Å². The van der Waals surface area contributed by atoms with Gasteiger partial charge >= 0.3 is 0 Å². The van der Waals surface area contributed by atoms with Gasteiger partial charge in [-0.05, 0) is 12.2 Å². The van der Waals surface area contributed by atoms with Gasteiger partial charge in [0.25, 0.3) is 5.56 Å². The molecule has 1 aliphatic rings. The molecule has 1 aromatic heterocycles. The van der Waals surface area contributed by atoms with Crippen LogP contribution in [-0.2, 0) is 4.74 Å². The van der Waals surface area contributed by atoms with Crippen LogP contribution >= 0.6 is 23.8 Å². The molecule has 0 radical (unpaired) electrons. The Bertz CT molecular complexity index is 559. The van der Waals surface area contributed by atoms with E-state index in [1.165, 1.54) is 10.8 Å². The van der Waals surface area contributed by atoms with E-state index >= 15 is 0 Å². The van der Waals surface area contributed by atoms with Gasteiger partial charge in [0.05, 0.1) is 6.61 Å². The number of hydrogen-bond donors (Lipinski definition) is 4. The predicted molar refractivity (Wildman–Crippen MR) is 63.9 cm³/mol. The summed E-state index contributed by atoms with van der Waals surface area (Å²) in [6, 6.07) is 0. The Morgan fingerprint density at radius 1 is 1.50 bits per heavy atom. The van der Waals surface area contributed by atoms with E-state index in [-0.39, 0.29) is 9.79 Å². The number of nitrogens with zero attached hydrogens (tertiary/aromatic N) is 1. The summed E-state index contributed by atoms with van der Waals surface area (Å²) in [5, 5.41) is 28.3. The first-order chi connectivity index (χ1) is 8.45. The Hall–Kier alpha value is -0.770. The summed E-state index contributed by atoms with van der Waals surface area (Å²) in [5.41, 5.74) is -0.551. The largest absolute Gasteiger partial charge is 0.394 e. The molecule has 1 aliphatic heterocycles. The van der Waals surface area contributed by atoms with Crippen molar-refractivity contribution >= 4 is 23.8 Å². The van der Waals surface area contributed by atoms with Crippen molar-refractivity contribution in [3.63, 3.8) is 0 Å². The molecule has 7 nitrogen and oxygen atoms in total. The molecule has 1 aromatic rings. The van der Waals surface area contributed by atoms with Gasteiger partial charge in [0.1, 0.15) is 23.3 Å². The topological polar surface area (TPSA) is 108 Å². The summed E-state index contributed by atoms with van der Waals surface area (Å²) in [7, 11) is 0. The van der Waals surface area contributed by atoms with Crippen molar-refractivity contribution in [2.45, 2.75) is 24.5 Å². The molecule has 2 rings (SSSR count). The number of nitrogens with one attached hydrogen (secondary N) is 1. The number of aliphatic hydroxyl groups excluding tert-OH is 3. The molecule has 1 fully saturated rings. The van der Waals surface area contributed by atoms with E-state index in [2.05, 4.69) is 4.98 Å². The molecule has 0 bridgehead atoms. The third kappa shape index (κ3) is 2.22. The van der Waals surface area contributed by atoms with Gasteiger partial charge in [-0.25, -0.2) is 0 Å². The van der Waals surface area contributed by atoms with Crippen LogP contribution in [0.15, 0.2) is 11.0 Å². The van der Waals surface area contributed by atoms with Crippen molar-refractivity contribution in [2.24, 2.45) is 0 Å². The van der Waals surface area contributed by atoms with Gasteiger partial charge in [-0.15, -0.1) is 0 Å². The lowest BCUT2D eigenvalue weighted by molar-refractivity contribution is -0.0541. The molecule has 2 heterocycles. The van der Waals surface area contributed by atoms with Crippen LogP contribution in [0.4, 0.5) is 0 Å². The normalized spacial score (nSPS) is 31.8. The number of rotatable bonds is 2. The average molecular weight is 295 g/mol. The van der Waals surface area contributed by atoms with E-state index in [1.54, 1.807) is 0 Å². The van der Waals surface area contributed by atoms with Crippen molar-refractivity contribution < 1.29 is 20.1 Å². The number of ether oxygens (including phenoxy) is 1. The standard InChI is InChI=1S/C9H11ClN2O5S/c10-3-1-12(9(18)11-7(3)16)8-6(15)5(14)4(2-13)17-8/h1,4-6,8,13-15H,2H2,(H,11,16,18)/t4-,5-,6+,8-/m1/s1. The second-order valence-electron chi connectivity index (χ2n) is 3.87. The number of halogens is 1. The highest BCUT2D eigenvalue weighted by molar-refractivity contribution is 7.71. The predicted octanol–water partition coefficient (Wildman–Crippen LogP) is -0.829. The van der Waals surface area contributed by atoms with Crippen LogP contribution in [0.5, 0.6) is 0 Å². The highest BCUT2D eigenvalue weighted by Gasteiger charge is 2.43. The highest BCUT2D eigenvalue weighted by atomic mass is 35.5. The summed E-state index contributed by atoms with van der Waals surface area (Å²) in [5.74, 6) is 0. The van der Waals surface area contributed by atoms with E-state index in [9.17, 15) is 15.0 Å². The SMILES string of the molecule is O=c1[nH]c(=S)n([C@@H]2O[C@H](CO)[C@@H](O)[C@@H]2O)cc1Cl.